The molecule has 1 spiro atoms. The molecule has 2 nitrogen and oxygen atoms in total. The van der Waals surface area contributed by atoms with Gasteiger partial charge in [0.05, 0.1) is 0 Å². The van der Waals surface area contributed by atoms with Gasteiger partial charge in [-0.15, -0.1) is 0 Å². The third kappa shape index (κ3) is 1.39. The molecular weight excluding hydrogens is 184 g/mol. The van der Waals surface area contributed by atoms with Crippen LogP contribution in [0.4, 0.5) is 0 Å². The van der Waals surface area contributed by atoms with Gasteiger partial charge in [0.15, 0.2) is 0 Å². The molecule has 1 fully saturated rings. The lowest BCUT2D eigenvalue weighted by atomic mass is 9.76. The van der Waals surface area contributed by atoms with Gasteiger partial charge in [0.2, 0.25) is 0 Å². The number of nitrogens with zero attached hydrogens (tertiary/aromatic N) is 2. The second-order valence-electron chi connectivity index (χ2n) is 5.09. The minimum Gasteiger partial charge on any atom is -0.306 e. The van der Waals surface area contributed by atoms with Crippen molar-refractivity contribution in [1.82, 2.24) is 9.88 Å². The van der Waals surface area contributed by atoms with Gasteiger partial charge in [0, 0.05) is 17.3 Å². The topological polar surface area (TPSA) is 16.1 Å². The van der Waals surface area contributed by atoms with Crippen LogP contribution in [0, 0.1) is 0 Å². The van der Waals surface area contributed by atoms with Crippen molar-refractivity contribution in [3.05, 3.63) is 29.6 Å². The molecule has 1 aliphatic heterocycles. The predicted molar refractivity (Wildman–Crippen MR) is 61.0 cm³/mol. The summed E-state index contributed by atoms with van der Waals surface area (Å²) in [4.78, 5) is 7.08. The number of piperidine rings is 1. The predicted octanol–water partition coefficient (Wildman–Crippen LogP) is 1.99. The fraction of sp³-hybridized carbons (Fsp3) is 0.615. The van der Waals surface area contributed by atoms with Gasteiger partial charge in [0.25, 0.3) is 0 Å². The van der Waals surface area contributed by atoms with Crippen molar-refractivity contribution in [2.24, 2.45) is 0 Å². The van der Waals surface area contributed by atoms with Crippen LogP contribution in [0.3, 0.4) is 0 Å². The largest absolute Gasteiger partial charge is 0.306 e. The van der Waals surface area contributed by atoms with Crippen molar-refractivity contribution >= 4 is 0 Å². The fourth-order valence-electron chi connectivity index (χ4n) is 3.14. The van der Waals surface area contributed by atoms with E-state index >= 15 is 0 Å². The molecule has 1 saturated heterocycles. The first kappa shape index (κ1) is 9.34. The Morgan fingerprint density at radius 1 is 1.27 bits per heavy atom. The van der Waals surface area contributed by atoms with Crippen molar-refractivity contribution in [3.8, 4) is 0 Å². The summed E-state index contributed by atoms with van der Waals surface area (Å²) in [5.74, 6) is 0. The van der Waals surface area contributed by atoms with Crippen LogP contribution < -0.4 is 0 Å². The number of fused-ring (bicyclic) bond motifs is 2. The Kier molecular flexibility index (Phi) is 2.06. The third-order valence-corrected chi connectivity index (χ3v) is 4.21. The van der Waals surface area contributed by atoms with Crippen LogP contribution >= 0.6 is 0 Å². The van der Waals surface area contributed by atoms with Crippen LogP contribution in [0.25, 0.3) is 0 Å². The van der Waals surface area contributed by atoms with Crippen LogP contribution in [-0.4, -0.2) is 30.0 Å². The normalized spacial score (nSPS) is 24.3. The Hall–Kier alpha value is -0.890. The highest BCUT2D eigenvalue weighted by Crippen LogP contribution is 2.44. The summed E-state index contributed by atoms with van der Waals surface area (Å²) in [6, 6.07) is 4.34. The molecule has 0 bridgehead atoms. The van der Waals surface area contributed by atoms with Crippen LogP contribution in [0.2, 0.25) is 0 Å². The Balaban J connectivity index is 1.95. The first-order valence-electron chi connectivity index (χ1n) is 5.93. The van der Waals surface area contributed by atoms with E-state index < -0.39 is 0 Å². The van der Waals surface area contributed by atoms with Crippen molar-refractivity contribution < 1.29 is 0 Å². The standard InChI is InChI=1S/C13H18N2/c1-15-9-6-13(7-10-15)5-4-11-3-2-8-14-12(11)13/h2-3,8H,4-7,9-10H2,1H3. The molecule has 2 aliphatic rings. The van der Waals surface area contributed by atoms with E-state index in [2.05, 4.69) is 29.1 Å². The van der Waals surface area contributed by atoms with Crippen LogP contribution in [0.1, 0.15) is 30.5 Å². The van der Waals surface area contributed by atoms with Gasteiger partial charge in [-0.3, -0.25) is 4.98 Å². The number of aromatic nitrogens is 1. The van der Waals surface area contributed by atoms with Crippen molar-refractivity contribution in [3.63, 3.8) is 0 Å². The minimum absolute atomic E-state index is 0.434. The molecule has 1 aliphatic carbocycles. The van der Waals surface area contributed by atoms with Gasteiger partial charge < -0.3 is 4.90 Å². The van der Waals surface area contributed by atoms with E-state index in [0.717, 1.165) is 0 Å². The molecule has 0 N–H and O–H groups in total. The number of rotatable bonds is 0. The molecule has 2 heteroatoms. The van der Waals surface area contributed by atoms with E-state index in [-0.39, 0.29) is 0 Å². The van der Waals surface area contributed by atoms with E-state index in [0.29, 0.717) is 5.41 Å². The number of aryl methyl sites for hydroxylation is 1. The molecule has 0 atom stereocenters. The van der Waals surface area contributed by atoms with Gasteiger partial charge in [-0.05, 0) is 57.5 Å². The monoisotopic (exact) mass is 202 g/mol. The van der Waals surface area contributed by atoms with Crippen molar-refractivity contribution in [1.29, 1.82) is 0 Å². The van der Waals surface area contributed by atoms with Crippen LogP contribution in [-0.2, 0) is 11.8 Å². The Labute approximate surface area is 91.3 Å². The molecule has 1 aromatic rings. The Morgan fingerprint density at radius 3 is 2.87 bits per heavy atom. The summed E-state index contributed by atoms with van der Waals surface area (Å²) in [5, 5.41) is 0. The van der Waals surface area contributed by atoms with Crippen molar-refractivity contribution in [2.45, 2.75) is 31.1 Å². The molecule has 15 heavy (non-hydrogen) atoms. The third-order valence-electron chi connectivity index (χ3n) is 4.21. The lowest BCUT2D eigenvalue weighted by molar-refractivity contribution is 0.184. The number of pyridine rings is 1. The maximum Gasteiger partial charge on any atom is 0.0498 e. The van der Waals surface area contributed by atoms with Gasteiger partial charge in [-0.25, -0.2) is 0 Å². The molecule has 2 heterocycles. The summed E-state index contributed by atoms with van der Waals surface area (Å²) in [7, 11) is 2.22. The van der Waals surface area contributed by atoms with Gasteiger partial charge in [-0.1, -0.05) is 6.07 Å². The lowest BCUT2D eigenvalue weighted by Gasteiger charge is -2.37. The number of likely N-dealkylation sites (tertiary alicyclic amines) is 1. The number of hydrogen-bond donors (Lipinski definition) is 0. The van der Waals surface area contributed by atoms with Gasteiger partial charge in [0.1, 0.15) is 0 Å². The first-order chi connectivity index (χ1) is 7.30. The highest BCUT2D eigenvalue weighted by Gasteiger charge is 2.41. The lowest BCUT2D eigenvalue weighted by Crippen LogP contribution is -2.39. The quantitative estimate of drug-likeness (QED) is 0.639. The smallest absolute Gasteiger partial charge is 0.0498 e. The number of hydrogen-bond acceptors (Lipinski definition) is 2. The molecular formula is C13H18N2. The summed E-state index contributed by atoms with van der Waals surface area (Å²) in [6.07, 6.45) is 7.13. The van der Waals surface area contributed by atoms with E-state index in [1.807, 2.05) is 6.20 Å². The average molecular weight is 202 g/mol. The zero-order valence-electron chi connectivity index (χ0n) is 9.37. The van der Waals surface area contributed by atoms with Gasteiger partial charge >= 0.3 is 0 Å². The van der Waals surface area contributed by atoms with Crippen LogP contribution in [0.5, 0.6) is 0 Å². The van der Waals surface area contributed by atoms with E-state index in [1.54, 1.807) is 0 Å². The molecule has 0 unspecified atom stereocenters. The van der Waals surface area contributed by atoms with E-state index in [1.165, 1.54) is 50.0 Å². The second kappa shape index (κ2) is 3.31. The molecule has 0 radical (unpaired) electrons. The van der Waals surface area contributed by atoms with Crippen molar-refractivity contribution in [2.75, 3.05) is 20.1 Å². The molecule has 3 rings (SSSR count). The maximum absolute atomic E-state index is 4.64. The molecule has 0 aromatic carbocycles. The zero-order chi connectivity index (χ0) is 10.3. The zero-order valence-corrected chi connectivity index (χ0v) is 9.37. The fourth-order valence-corrected chi connectivity index (χ4v) is 3.14. The summed E-state index contributed by atoms with van der Waals surface area (Å²) < 4.78 is 0. The Morgan fingerprint density at radius 2 is 2.07 bits per heavy atom. The molecule has 1 aromatic heterocycles. The maximum atomic E-state index is 4.64. The SMILES string of the molecule is CN1CCC2(CCc3cccnc32)CC1. The molecule has 80 valence electrons. The summed E-state index contributed by atoms with van der Waals surface area (Å²) in [5.41, 5.74) is 3.35. The van der Waals surface area contributed by atoms with Crippen LogP contribution in [0.15, 0.2) is 18.3 Å². The van der Waals surface area contributed by atoms with E-state index in [9.17, 15) is 0 Å². The summed E-state index contributed by atoms with van der Waals surface area (Å²) in [6.45, 7) is 2.46. The average Bonchev–Trinajstić information content (AvgIpc) is 2.63. The first-order valence-corrected chi connectivity index (χ1v) is 5.93. The second-order valence-corrected chi connectivity index (χ2v) is 5.09. The highest BCUT2D eigenvalue weighted by molar-refractivity contribution is 5.34. The molecule has 0 amide bonds. The molecule has 0 saturated carbocycles. The Bertz CT molecular complexity index is 365. The summed E-state index contributed by atoms with van der Waals surface area (Å²) >= 11 is 0. The highest BCUT2D eigenvalue weighted by atomic mass is 15.1. The van der Waals surface area contributed by atoms with Gasteiger partial charge in [-0.2, -0.15) is 0 Å². The minimum atomic E-state index is 0.434. The van der Waals surface area contributed by atoms with E-state index in [4.69, 9.17) is 0 Å².